The molecule has 0 saturated heterocycles. The first kappa shape index (κ1) is 17.8. The number of methoxy groups -OCH3 is 1. The van der Waals surface area contributed by atoms with Gasteiger partial charge in [0, 0.05) is 24.8 Å². The molecule has 0 saturated carbocycles. The molecule has 0 spiro atoms. The number of nitrogens with one attached hydrogen (secondary N) is 1. The molecular weight excluding hydrogens is 302 g/mol. The van der Waals surface area contributed by atoms with Gasteiger partial charge in [-0.25, -0.2) is 0 Å². The quantitative estimate of drug-likeness (QED) is 0.567. The number of benzene rings is 2. The summed E-state index contributed by atoms with van der Waals surface area (Å²) in [6.45, 7) is 1.80. The fraction of sp³-hybridized carbons (Fsp3) is 0.250. The Labute approximate surface area is 143 Å². The van der Waals surface area contributed by atoms with Crippen LogP contribution >= 0.6 is 0 Å². The molecule has 0 atom stereocenters. The molecule has 24 heavy (non-hydrogen) atoms. The Bertz CT molecular complexity index is 653. The highest BCUT2D eigenvalue weighted by atomic mass is 16.5. The molecule has 0 unspecified atom stereocenters. The molecule has 0 aliphatic heterocycles. The van der Waals surface area contributed by atoms with Crippen molar-refractivity contribution >= 4 is 12.0 Å². The second-order valence-electron chi connectivity index (χ2n) is 5.26. The summed E-state index contributed by atoms with van der Waals surface area (Å²) >= 11 is 0. The Morgan fingerprint density at radius 3 is 2.62 bits per heavy atom. The number of hydrogen-bond acceptors (Lipinski definition) is 3. The number of amides is 1. The molecule has 2 aromatic carbocycles. The van der Waals surface area contributed by atoms with E-state index in [1.165, 1.54) is 6.08 Å². The third kappa shape index (κ3) is 6.26. The first-order valence-corrected chi connectivity index (χ1v) is 8.00. The first-order valence-electron chi connectivity index (χ1n) is 8.00. The molecule has 4 nitrogen and oxygen atoms in total. The lowest BCUT2D eigenvalue weighted by molar-refractivity contribution is -0.116. The SMILES string of the molecule is COc1ccccc1/C=C/C(=O)NCCCOCc1ccccc1. The molecule has 0 aliphatic rings. The molecule has 0 radical (unpaired) electrons. The van der Waals surface area contributed by atoms with E-state index in [4.69, 9.17) is 9.47 Å². The zero-order chi connectivity index (χ0) is 17.0. The van der Waals surface area contributed by atoms with Crippen LogP contribution in [0.15, 0.2) is 60.7 Å². The molecule has 2 rings (SSSR count). The Kier molecular flexibility index (Phi) is 7.57. The number of rotatable bonds is 9. The molecule has 1 amide bonds. The van der Waals surface area contributed by atoms with Gasteiger partial charge in [0.25, 0.3) is 0 Å². The van der Waals surface area contributed by atoms with Crippen LogP contribution in [0.1, 0.15) is 17.5 Å². The fourth-order valence-corrected chi connectivity index (χ4v) is 2.18. The van der Waals surface area contributed by atoms with E-state index in [0.717, 1.165) is 23.3 Å². The fourth-order valence-electron chi connectivity index (χ4n) is 2.18. The molecule has 0 aromatic heterocycles. The van der Waals surface area contributed by atoms with E-state index in [0.29, 0.717) is 19.8 Å². The number of ether oxygens (including phenoxy) is 2. The standard InChI is InChI=1S/C20H23NO3/c1-23-19-11-6-5-10-18(19)12-13-20(22)21-14-7-15-24-16-17-8-3-2-4-9-17/h2-6,8-13H,7,14-16H2,1H3,(H,21,22)/b13-12+. The van der Waals surface area contributed by atoms with Gasteiger partial charge < -0.3 is 14.8 Å². The Hall–Kier alpha value is -2.59. The van der Waals surface area contributed by atoms with Gasteiger partial charge in [-0.2, -0.15) is 0 Å². The third-order valence-corrected chi connectivity index (χ3v) is 3.43. The van der Waals surface area contributed by atoms with Gasteiger partial charge in [0.1, 0.15) is 5.75 Å². The molecule has 0 heterocycles. The zero-order valence-electron chi connectivity index (χ0n) is 13.9. The molecule has 0 aliphatic carbocycles. The molecule has 2 aromatic rings. The summed E-state index contributed by atoms with van der Waals surface area (Å²) in [6, 6.07) is 17.6. The normalized spacial score (nSPS) is 10.7. The largest absolute Gasteiger partial charge is 0.496 e. The van der Waals surface area contributed by atoms with Crippen molar-refractivity contribution in [2.75, 3.05) is 20.3 Å². The van der Waals surface area contributed by atoms with Crippen molar-refractivity contribution in [1.82, 2.24) is 5.32 Å². The highest BCUT2D eigenvalue weighted by Gasteiger charge is 1.99. The summed E-state index contributed by atoms with van der Waals surface area (Å²) in [7, 11) is 1.61. The van der Waals surface area contributed by atoms with Gasteiger partial charge in [0.15, 0.2) is 0 Å². The lowest BCUT2D eigenvalue weighted by atomic mass is 10.2. The summed E-state index contributed by atoms with van der Waals surface area (Å²) < 4.78 is 10.8. The number of carbonyl (C=O) groups excluding carboxylic acids is 1. The van der Waals surface area contributed by atoms with Crippen LogP contribution in [-0.4, -0.2) is 26.2 Å². The minimum absolute atomic E-state index is 0.121. The predicted molar refractivity (Wildman–Crippen MR) is 95.8 cm³/mol. The van der Waals surface area contributed by atoms with Gasteiger partial charge in [-0.3, -0.25) is 4.79 Å². The van der Waals surface area contributed by atoms with Crippen LogP contribution in [0.3, 0.4) is 0 Å². The minimum atomic E-state index is -0.121. The summed E-state index contributed by atoms with van der Waals surface area (Å²) in [6.07, 6.45) is 4.05. The van der Waals surface area contributed by atoms with Crippen LogP contribution in [-0.2, 0) is 16.1 Å². The average molecular weight is 325 g/mol. The Morgan fingerprint density at radius 1 is 1.08 bits per heavy atom. The first-order chi connectivity index (χ1) is 11.8. The van der Waals surface area contributed by atoms with Crippen molar-refractivity contribution in [3.05, 3.63) is 71.8 Å². The average Bonchev–Trinajstić information content (AvgIpc) is 2.64. The zero-order valence-corrected chi connectivity index (χ0v) is 13.9. The Morgan fingerprint density at radius 2 is 1.83 bits per heavy atom. The highest BCUT2D eigenvalue weighted by Crippen LogP contribution is 2.18. The topological polar surface area (TPSA) is 47.6 Å². The van der Waals surface area contributed by atoms with E-state index in [2.05, 4.69) is 5.32 Å². The Balaban J connectivity index is 1.62. The van der Waals surface area contributed by atoms with Crippen molar-refractivity contribution < 1.29 is 14.3 Å². The molecule has 4 heteroatoms. The summed E-state index contributed by atoms with van der Waals surface area (Å²) in [5.74, 6) is 0.625. The summed E-state index contributed by atoms with van der Waals surface area (Å²) in [4.78, 5) is 11.8. The summed E-state index contributed by atoms with van der Waals surface area (Å²) in [5.41, 5.74) is 2.03. The van der Waals surface area contributed by atoms with Crippen molar-refractivity contribution in [3.8, 4) is 5.75 Å². The maximum atomic E-state index is 11.8. The van der Waals surface area contributed by atoms with Crippen LogP contribution in [0.5, 0.6) is 5.75 Å². The van der Waals surface area contributed by atoms with Crippen LogP contribution in [0.25, 0.3) is 6.08 Å². The molecule has 0 bridgehead atoms. The van der Waals surface area contributed by atoms with Crippen LogP contribution in [0.4, 0.5) is 0 Å². The van der Waals surface area contributed by atoms with Gasteiger partial charge in [-0.1, -0.05) is 48.5 Å². The van der Waals surface area contributed by atoms with Crippen LogP contribution in [0.2, 0.25) is 0 Å². The predicted octanol–water partition coefficient (Wildman–Crippen LogP) is 3.43. The van der Waals surface area contributed by atoms with Gasteiger partial charge in [0.2, 0.25) is 5.91 Å². The van der Waals surface area contributed by atoms with Crippen molar-refractivity contribution in [3.63, 3.8) is 0 Å². The molecule has 126 valence electrons. The van der Waals surface area contributed by atoms with Crippen molar-refractivity contribution in [2.24, 2.45) is 0 Å². The highest BCUT2D eigenvalue weighted by molar-refractivity contribution is 5.92. The smallest absolute Gasteiger partial charge is 0.244 e. The van der Waals surface area contributed by atoms with Crippen molar-refractivity contribution in [1.29, 1.82) is 0 Å². The van der Waals surface area contributed by atoms with E-state index < -0.39 is 0 Å². The minimum Gasteiger partial charge on any atom is -0.496 e. The molecule has 1 N–H and O–H groups in total. The van der Waals surface area contributed by atoms with E-state index in [9.17, 15) is 4.79 Å². The lowest BCUT2D eigenvalue weighted by Gasteiger charge is -2.05. The van der Waals surface area contributed by atoms with E-state index >= 15 is 0 Å². The van der Waals surface area contributed by atoms with Gasteiger partial charge in [-0.15, -0.1) is 0 Å². The number of para-hydroxylation sites is 1. The van der Waals surface area contributed by atoms with E-state index in [-0.39, 0.29) is 5.91 Å². The van der Waals surface area contributed by atoms with Gasteiger partial charge >= 0.3 is 0 Å². The monoisotopic (exact) mass is 325 g/mol. The van der Waals surface area contributed by atoms with Crippen LogP contribution in [0, 0.1) is 0 Å². The van der Waals surface area contributed by atoms with E-state index in [1.807, 2.05) is 54.6 Å². The molecular formula is C20H23NO3. The second kappa shape index (κ2) is 10.2. The second-order valence-corrected chi connectivity index (χ2v) is 5.26. The van der Waals surface area contributed by atoms with Gasteiger partial charge in [0.05, 0.1) is 13.7 Å². The maximum Gasteiger partial charge on any atom is 0.244 e. The summed E-state index contributed by atoms with van der Waals surface area (Å²) in [5, 5.41) is 2.84. The number of hydrogen-bond donors (Lipinski definition) is 1. The van der Waals surface area contributed by atoms with Crippen molar-refractivity contribution in [2.45, 2.75) is 13.0 Å². The molecule has 0 fully saturated rings. The lowest BCUT2D eigenvalue weighted by Crippen LogP contribution is -2.23. The third-order valence-electron chi connectivity index (χ3n) is 3.43. The maximum absolute atomic E-state index is 11.8. The van der Waals surface area contributed by atoms with E-state index in [1.54, 1.807) is 13.2 Å². The van der Waals surface area contributed by atoms with Crippen LogP contribution < -0.4 is 10.1 Å². The van der Waals surface area contributed by atoms with Gasteiger partial charge in [-0.05, 0) is 24.1 Å². The number of carbonyl (C=O) groups is 1.